The summed E-state index contributed by atoms with van der Waals surface area (Å²) in [5.41, 5.74) is 3.54. The molecule has 0 spiro atoms. The molecule has 9 heteroatoms. The summed E-state index contributed by atoms with van der Waals surface area (Å²) in [7, 11) is 1.97. The van der Waals surface area contributed by atoms with Crippen molar-refractivity contribution in [3.63, 3.8) is 0 Å². The number of carbonyl (C=O) groups is 1. The first-order valence-electron chi connectivity index (χ1n) is 8.43. The van der Waals surface area contributed by atoms with E-state index in [9.17, 15) is 4.79 Å². The van der Waals surface area contributed by atoms with E-state index < -0.39 is 0 Å². The molecule has 0 saturated carbocycles. The van der Waals surface area contributed by atoms with Crippen LogP contribution in [0.15, 0.2) is 34.8 Å². The molecule has 2 N–H and O–H groups in total. The fourth-order valence-corrected chi connectivity index (χ4v) is 3.32. The van der Waals surface area contributed by atoms with Gasteiger partial charge in [-0.2, -0.15) is 0 Å². The lowest BCUT2D eigenvalue weighted by molar-refractivity contribution is 0.0958. The van der Waals surface area contributed by atoms with Gasteiger partial charge >= 0.3 is 0 Å². The fraction of sp³-hybridized carbons (Fsp3) is 0.389. The van der Waals surface area contributed by atoms with Crippen LogP contribution in [0.5, 0.6) is 0 Å². The summed E-state index contributed by atoms with van der Waals surface area (Å²) in [6, 6.07) is 7.77. The topological polar surface area (TPSA) is 69.6 Å². The van der Waals surface area contributed by atoms with Crippen molar-refractivity contribution in [1.29, 1.82) is 0 Å². The number of amides is 1. The van der Waals surface area contributed by atoms with Crippen LogP contribution in [0.4, 0.5) is 0 Å². The Bertz CT molecular complexity index is 768. The number of guanidine groups is 1. The van der Waals surface area contributed by atoms with Crippen molar-refractivity contribution in [3.8, 4) is 0 Å². The summed E-state index contributed by atoms with van der Waals surface area (Å²) < 4.78 is 0. The van der Waals surface area contributed by atoms with E-state index in [0.717, 1.165) is 28.8 Å². The first-order valence-corrected chi connectivity index (χ1v) is 9.69. The van der Waals surface area contributed by atoms with Crippen LogP contribution in [-0.2, 0) is 6.54 Å². The lowest BCUT2D eigenvalue weighted by atomic mass is 10.2. The van der Waals surface area contributed by atoms with Gasteiger partial charge in [-0.25, -0.2) is 4.98 Å². The van der Waals surface area contributed by atoms with Crippen LogP contribution in [0, 0.1) is 6.92 Å². The SMILES string of the molecule is CCNC(=NCCNC(=O)c1scnc1C)N(C)Cc1cccc(Cl)c1.I. The van der Waals surface area contributed by atoms with Crippen LogP contribution in [0.25, 0.3) is 0 Å². The zero-order chi connectivity index (χ0) is 18.9. The standard InChI is InChI=1S/C18H24ClN5OS.HI/c1-4-20-18(24(3)11-14-6-5-7-15(19)10-14)22-9-8-21-17(25)16-13(2)23-12-26-16;/h5-7,10,12H,4,8-9,11H2,1-3H3,(H,20,22)(H,21,25);1H. The second-order valence-electron chi connectivity index (χ2n) is 5.74. The van der Waals surface area contributed by atoms with Crippen molar-refractivity contribution >= 4 is 58.8 Å². The predicted molar refractivity (Wildman–Crippen MR) is 123 cm³/mol. The predicted octanol–water partition coefficient (Wildman–Crippen LogP) is 3.55. The molecule has 148 valence electrons. The number of benzene rings is 1. The molecule has 6 nitrogen and oxygen atoms in total. The zero-order valence-corrected chi connectivity index (χ0v) is 19.6. The van der Waals surface area contributed by atoms with Crippen molar-refractivity contribution in [1.82, 2.24) is 20.5 Å². The van der Waals surface area contributed by atoms with Gasteiger partial charge in [0.2, 0.25) is 0 Å². The maximum absolute atomic E-state index is 12.1. The molecule has 1 amide bonds. The molecule has 0 saturated heterocycles. The van der Waals surface area contributed by atoms with Crippen LogP contribution in [0.1, 0.15) is 27.9 Å². The molecule has 27 heavy (non-hydrogen) atoms. The maximum Gasteiger partial charge on any atom is 0.263 e. The highest BCUT2D eigenvalue weighted by atomic mass is 127. The number of rotatable bonds is 7. The molecule has 0 radical (unpaired) electrons. The summed E-state index contributed by atoms with van der Waals surface area (Å²) >= 11 is 7.39. The first-order chi connectivity index (χ1) is 12.5. The Morgan fingerprint density at radius 2 is 2.15 bits per heavy atom. The van der Waals surface area contributed by atoms with Crippen molar-refractivity contribution in [2.75, 3.05) is 26.7 Å². The van der Waals surface area contributed by atoms with Crippen molar-refractivity contribution in [3.05, 3.63) is 50.9 Å². The molecule has 0 fully saturated rings. The van der Waals surface area contributed by atoms with Gasteiger partial charge in [-0.15, -0.1) is 35.3 Å². The molecule has 2 aromatic rings. The van der Waals surface area contributed by atoms with Crippen LogP contribution >= 0.6 is 46.9 Å². The fourth-order valence-electron chi connectivity index (χ4n) is 2.39. The normalized spacial score (nSPS) is 10.9. The summed E-state index contributed by atoms with van der Waals surface area (Å²) in [6.45, 7) is 6.28. The van der Waals surface area contributed by atoms with E-state index in [4.69, 9.17) is 11.6 Å². The molecule has 0 atom stereocenters. The average molecular weight is 522 g/mol. The largest absolute Gasteiger partial charge is 0.357 e. The average Bonchev–Trinajstić information content (AvgIpc) is 3.03. The molecule has 0 aliphatic heterocycles. The molecule has 0 aliphatic rings. The highest BCUT2D eigenvalue weighted by Crippen LogP contribution is 2.12. The Hall–Kier alpha value is -1.39. The quantitative estimate of drug-likeness (QED) is 0.253. The van der Waals surface area contributed by atoms with Gasteiger partial charge in [0.25, 0.3) is 5.91 Å². The second kappa shape index (κ2) is 12.1. The van der Waals surface area contributed by atoms with Gasteiger partial charge in [0, 0.05) is 31.7 Å². The van der Waals surface area contributed by atoms with Gasteiger partial charge in [0.1, 0.15) is 4.88 Å². The summed E-state index contributed by atoms with van der Waals surface area (Å²) in [5.74, 6) is 0.688. The van der Waals surface area contributed by atoms with E-state index in [-0.39, 0.29) is 29.9 Å². The number of thiazole rings is 1. The molecule has 1 aromatic carbocycles. The summed E-state index contributed by atoms with van der Waals surface area (Å²) in [4.78, 5) is 23.4. The van der Waals surface area contributed by atoms with E-state index in [1.54, 1.807) is 5.51 Å². The van der Waals surface area contributed by atoms with Crippen molar-refractivity contribution in [2.45, 2.75) is 20.4 Å². The monoisotopic (exact) mass is 521 g/mol. The minimum absolute atomic E-state index is 0. The highest BCUT2D eigenvalue weighted by molar-refractivity contribution is 14.0. The third-order valence-electron chi connectivity index (χ3n) is 3.62. The Morgan fingerprint density at radius 3 is 2.78 bits per heavy atom. The Morgan fingerprint density at radius 1 is 1.37 bits per heavy atom. The Kier molecular flexibility index (Phi) is 10.6. The zero-order valence-electron chi connectivity index (χ0n) is 15.7. The first kappa shape index (κ1) is 23.6. The second-order valence-corrected chi connectivity index (χ2v) is 7.04. The van der Waals surface area contributed by atoms with E-state index in [1.165, 1.54) is 11.3 Å². The number of aryl methyl sites for hydroxylation is 1. The molecular formula is C18H25ClIN5OS. The maximum atomic E-state index is 12.1. The van der Waals surface area contributed by atoms with E-state index >= 15 is 0 Å². The number of aromatic nitrogens is 1. The molecule has 1 aromatic heterocycles. The number of hydrogen-bond acceptors (Lipinski definition) is 4. The van der Waals surface area contributed by atoms with Gasteiger partial charge < -0.3 is 15.5 Å². The van der Waals surface area contributed by atoms with E-state index in [2.05, 4.69) is 20.6 Å². The minimum Gasteiger partial charge on any atom is -0.357 e. The minimum atomic E-state index is -0.0996. The molecule has 2 rings (SSSR count). The van der Waals surface area contributed by atoms with Gasteiger partial charge in [0.15, 0.2) is 5.96 Å². The molecule has 0 bridgehead atoms. The third-order valence-corrected chi connectivity index (χ3v) is 4.78. The van der Waals surface area contributed by atoms with Gasteiger partial charge in [-0.3, -0.25) is 9.79 Å². The number of aliphatic imine (C=N–C) groups is 1. The highest BCUT2D eigenvalue weighted by Gasteiger charge is 2.11. The lowest BCUT2D eigenvalue weighted by Gasteiger charge is -2.22. The van der Waals surface area contributed by atoms with Crippen LogP contribution < -0.4 is 10.6 Å². The van der Waals surface area contributed by atoms with Crippen LogP contribution in [-0.4, -0.2) is 48.4 Å². The Balaban J connectivity index is 0.00000364. The van der Waals surface area contributed by atoms with E-state index in [0.29, 0.717) is 24.5 Å². The van der Waals surface area contributed by atoms with Gasteiger partial charge in [-0.1, -0.05) is 23.7 Å². The Labute approximate surface area is 186 Å². The van der Waals surface area contributed by atoms with Crippen LogP contribution in [0.2, 0.25) is 5.02 Å². The third kappa shape index (κ3) is 7.63. The van der Waals surface area contributed by atoms with Gasteiger partial charge in [0.05, 0.1) is 17.7 Å². The number of nitrogens with zero attached hydrogens (tertiary/aromatic N) is 3. The summed E-state index contributed by atoms with van der Waals surface area (Å²) in [6.07, 6.45) is 0. The van der Waals surface area contributed by atoms with Gasteiger partial charge in [-0.05, 0) is 31.5 Å². The molecule has 0 aliphatic carbocycles. The van der Waals surface area contributed by atoms with Crippen LogP contribution in [0.3, 0.4) is 0 Å². The number of nitrogens with one attached hydrogen (secondary N) is 2. The summed E-state index contributed by atoms with van der Waals surface area (Å²) in [5, 5.41) is 6.87. The molecule has 1 heterocycles. The number of halogens is 2. The number of carbonyl (C=O) groups excluding carboxylic acids is 1. The van der Waals surface area contributed by atoms with Crippen molar-refractivity contribution < 1.29 is 4.79 Å². The molecular weight excluding hydrogens is 497 g/mol. The van der Waals surface area contributed by atoms with Crippen molar-refractivity contribution in [2.24, 2.45) is 4.99 Å². The number of hydrogen-bond donors (Lipinski definition) is 2. The smallest absolute Gasteiger partial charge is 0.263 e. The lowest BCUT2D eigenvalue weighted by Crippen LogP contribution is -2.39. The van der Waals surface area contributed by atoms with E-state index in [1.807, 2.05) is 50.1 Å². The molecule has 0 unspecified atom stereocenters.